The Labute approximate surface area is 145 Å². The highest BCUT2D eigenvalue weighted by molar-refractivity contribution is 5.74. The van der Waals surface area contributed by atoms with Crippen LogP contribution < -0.4 is 5.43 Å². The Morgan fingerprint density at radius 2 is 1.36 bits per heavy atom. The summed E-state index contributed by atoms with van der Waals surface area (Å²) in [5.41, 5.74) is 5.35. The van der Waals surface area contributed by atoms with Gasteiger partial charge in [0.15, 0.2) is 0 Å². The van der Waals surface area contributed by atoms with Crippen molar-refractivity contribution in [2.75, 3.05) is 5.43 Å². The van der Waals surface area contributed by atoms with Crippen LogP contribution in [-0.4, -0.2) is 11.1 Å². The Kier molecular flexibility index (Phi) is 5.16. The number of nitrogens with zero attached hydrogens (tertiary/aromatic N) is 2. The van der Waals surface area contributed by atoms with Crippen LogP contribution in [0.15, 0.2) is 90.0 Å². The van der Waals surface area contributed by atoms with Gasteiger partial charge in [-0.2, -0.15) is 5.10 Å². The Morgan fingerprint density at radius 3 is 1.92 bits per heavy atom. The number of nitrogens with one attached hydrogen (secondary N) is 1. The second-order valence-corrected chi connectivity index (χ2v) is 5.46. The van der Waals surface area contributed by atoms with Crippen molar-refractivity contribution in [2.24, 2.45) is 5.10 Å². The molecule has 3 aromatic carbocycles. The maximum atomic E-state index is 11.1. The number of rotatable bonds is 6. The van der Waals surface area contributed by atoms with E-state index >= 15 is 0 Å². The van der Waals surface area contributed by atoms with Crippen LogP contribution in [0.2, 0.25) is 0 Å². The van der Waals surface area contributed by atoms with Gasteiger partial charge in [0.1, 0.15) is 5.69 Å². The van der Waals surface area contributed by atoms with Crippen molar-refractivity contribution in [1.29, 1.82) is 0 Å². The van der Waals surface area contributed by atoms with Crippen molar-refractivity contribution < 1.29 is 4.92 Å². The minimum absolute atomic E-state index is 0.00405. The molecule has 0 heterocycles. The van der Waals surface area contributed by atoms with Crippen LogP contribution in [-0.2, 0) is 0 Å². The first-order valence-corrected chi connectivity index (χ1v) is 7.88. The van der Waals surface area contributed by atoms with Crippen LogP contribution in [0.25, 0.3) is 0 Å². The molecule has 0 aromatic heterocycles. The lowest BCUT2D eigenvalue weighted by Gasteiger charge is -2.13. The van der Waals surface area contributed by atoms with Crippen molar-refractivity contribution in [3.05, 3.63) is 106 Å². The molecule has 0 saturated carbocycles. The first-order chi connectivity index (χ1) is 12.3. The largest absolute Gasteiger partial charge is 0.294 e. The van der Waals surface area contributed by atoms with E-state index in [-0.39, 0.29) is 11.6 Å². The molecule has 0 spiro atoms. The van der Waals surface area contributed by atoms with Crippen LogP contribution in [0.4, 0.5) is 11.4 Å². The third-order valence-corrected chi connectivity index (χ3v) is 3.83. The average molecular weight is 331 g/mol. The van der Waals surface area contributed by atoms with E-state index in [2.05, 4.69) is 10.5 Å². The predicted molar refractivity (Wildman–Crippen MR) is 99.9 cm³/mol. The lowest BCUT2D eigenvalue weighted by Crippen LogP contribution is -2.04. The fraction of sp³-hybridized carbons (Fsp3) is 0.0500. The molecule has 0 fully saturated rings. The molecule has 3 aromatic rings. The van der Waals surface area contributed by atoms with Crippen LogP contribution in [0.3, 0.4) is 0 Å². The number of hydrogen-bond acceptors (Lipinski definition) is 4. The Balaban J connectivity index is 1.87. The van der Waals surface area contributed by atoms with Gasteiger partial charge >= 0.3 is 0 Å². The van der Waals surface area contributed by atoms with Crippen LogP contribution in [0.1, 0.15) is 17.0 Å². The molecular formula is C20H17N3O2. The summed E-state index contributed by atoms with van der Waals surface area (Å²) in [6.07, 6.45) is 1.77. The first kappa shape index (κ1) is 16.4. The first-order valence-electron chi connectivity index (χ1n) is 7.88. The summed E-state index contributed by atoms with van der Waals surface area (Å²) in [5.74, 6) is -0.0438. The van der Waals surface area contributed by atoms with Gasteiger partial charge in [0, 0.05) is 18.2 Å². The standard InChI is InChI=1S/C20H17N3O2/c24-23(25)20-14-8-7-13-19(20)22-21-15-18(16-9-3-1-4-10-16)17-11-5-2-6-12-17/h1-15,18,22H. The molecule has 0 bridgehead atoms. The molecule has 0 amide bonds. The number of benzene rings is 3. The summed E-state index contributed by atoms with van der Waals surface area (Å²) in [7, 11) is 0. The van der Waals surface area contributed by atoms with Crippen molar-refractivity contribution in [3.63, 3.8) is 0 Å². The van der Waals surface area contributed by atoms with E-state index in [1.807, 2.05) is 60.7 Å². The van der Waals surface area contributed by atoms with Gasteiger partial charge < -0.3 is 0 Å². The third kappa shape index (κ3) is 4.09. The predicted octanol–water partition coefficient (Wildman–Crippen LogP) is 4.82. The minimum atomic E-state index is -0.427. The summed E-state index contributed by atoms with van der Waals surface area (Å²) < 4.78 is 0. The van der Waals surface area contributed by atoms with E-state index in [9.17, 15) is 10.1 Å². The summed E-state index contributed by atoms with van der Waals surface area (Å²) >= 11 is 0. The molecule has 3 rings (SSSR count). The molecular weight excluding hydrogens is 314 g/mol. The minimum Gasteiger partial charge on any atom is -0.272 e. The van der Waals surface area contributed by atoms with Crippen molar-refractivity contribution in [1.82, 2.24) is 0 Å². The van der Waals surface area contributed by atoms with Crippen LogP contribution >= 0.6 is 0 Å². The number of anilines is 1. The molecule has 0 saturated heterocycles. The van der Waals surface area contributed by atoms with Gasteiger partial charge in [-0.15, -0.1) is 0 Å². The van der Waals surface area contributed by atoms with Crippen LogP contribution in [0, 0.1) is 10.1 Å². The van der Waals surface area contributed by atoms with Crippen molar-refractivity contribution >= 4 is 17.6 Å². The number of hydrazone groups is 1. The van der Waals surface area contributed by atoms with Crippen LogP contribution in [0.5, 0.6) is 0 Å². The van der Waals surface area contributed by atoms with E-state index in [0.29, 0.717) is 5.69 Å². The second-order valence-electron chi connectivity index (χ2n) is 5.46. The molecule has 0 aliphatic rings. The highest BCUT2D eigenvalue weighted by atomic mass is 16.6. The molecule has 0 unspecified atom stereocenters. The molecule has 5 heteroatoms. The Morgan fingerprint density at radius 1 is 0.840 bits per heavy atom. The molecule has 0 aliphatic carbocycles. The van der Waals surface area contributed by atoms with Crippen molar-refractivity contribution in [2.45, 2.75) is 5.92 Å². The SMILES string of the molecule is O=[N+]([O-])c1ccccc1NN=CC(c1ccccc1)c1ccccc1. The Hall–Kier alpha value is -3.47. The normalized spacial score (nSPS) is 10.9. The van der Waals surface area contributed by atoms with Gasteiger partial charge in [0.25, 0.3) is 5.69 Å². The fourth-order valence-corrected chi connectivity index (χ4v) is 2.59. The highest BCUT2D eigenvalue weighted by Crippen LogP contribution is 2.25. The van der Waals surface area contributed by atoms with E-state index in [0.717, 1.165) is 11.1 Å². The van der Waals surface area contributed by atoms with Crippen molar-refractivity contribution in [3.8, 4) is 0 Å². The third-order valence-electron chi connectivity index (χ3n) is 3.83. The lowest BCUT2D eigenvalue weighted by atomic mass is 9.92. The highest BCUT2D eigenvalue weighted by Gasteiger charge is 2.13. The topological polar surface area (TPSA) is 67.5 Å². The fourth-order valence-electron chi connectivity index (χ4n) is 2.59. The molecule has 25 heavy (non-hydrogen) atoms. The molecule has 0 aliphatic heterocycles. The zero-order valence-electron chi connectivity index (χ0n) is 13.4. The van der Waals surface area contributed by atoms with Gasteiger partial charge in [-0.05, 0) is 17.2 Å². The number of nitro benzene ring substituents is 1. The van der Waals surface area contributed by atoms with E-state index < -0.39 is 4.92 Å². The maximum absolute atomic E-state index is 11.1. The monoisotopic (exact) mass is 331 g/mol. The summed E-state index contributed by atoms with van der Waals surface area (Å²) in [6, 6.07) is 26.4. The van der Waals surface area contributed by atoms with E-state index in [1.165, 1.54) is 6.07 Å². The molecule has 0 radical (unpaired) electrons. The second kappa shape index (κ2) is 7.88. The number of para-hydroxylation sites is 2. The number of nitro groups is 1. The number of hydrogen-bond donors (Lipinski definition) is 1. The average Bonchev–Trinajstić information content (AvgIpc) is 2.67. The molecule has 124 valence electrons. The van der Waals surface area contributed by atoms with E-state index in [4.69, 9.17) is 0 Å². The molecule has 0 atom stereocenters. The van der Waals surface area contributed by atoms with Gasteiger partial charge in [0.2, 0.25) is 0 Å². The molecule has 5 nitrogen and oxygen atoms in total. The quantitative estimate of drug-likeness (QED) is 0.400. The maximum Gasteiger partial charge on any atom is 0.294 e. The lowest BCUT2D eigenvalue weighted by molar-refractivity contribution is -0.384. The van der Waals surface area contributed by atoms with Gasteiger partial charge in [-0.3, -0.25) is 15.5 Å². The summed E-state index contributed by atoms with van der Waals surface area (Å²) in [6.45, 7) is 0. The van der Waals surface area contributed by atoms with Gasteiger partial charge in [-0.25, -0.2) is 0 Å². The molecule has 1 N–H and O–H groups in total. The zero-order chi connectivity index (χ0) is 17.5. The Bertz CT molecular complexity index is 825. The zero-order valence-corrected chi connectivity index (χ0v) is 13.4. The van der Waals surface area contributed by atoms with Gasteiger partial charge in [0.05, 0.1) is 4.92 Å². The summed E-state index contributed by atoms with van der Waals surface area (Å²) in [4.78, 5) is 10.6. The van der Waals surface area contributed by atoms with Gasteiger partial charge in [-0.1, -0.05) is 72.8 Å². The smallest absolute Gasteiger partial charge is 0.272 e. The van der Waals surface area contributed by atoms with E-state index in [1.54, 1.807) is 24.4 Å². The summed E-state index contributed by atoms with van der Waals surface area (Å²) in [5, 5.41) is 15.3.